The molecule has 1 aromatic heterocycles. The van der Waals surface area contributed by atoms with Gasteiger partial charge in [-0.25, -0.2) is 13.1 Å². The molecule has 0 aliphatic carbocycles. The number of thiazole rings is 1. The second kappa shape index (κ2) is 6.91. The Morgan fingerprint density at radius 1 is 1.38 bits per heavy atom. The van der Waals surface area contributed by atoms with Crippen molar-refractivity contribution in [2.45, 2.75) is 25.9 Å². The number of nitrogens with one attached hydrogen (secondary N) is 2. The van der Waals surface area contributed by atoms with Crippen LogP contribution in [0.25, 0.3) is 0 Å². The zero-order valence-electron chi connectivity index (χ0n) is 13.3. The standard InChI is InChI=1S/C12H24N4O3S2/c1-12(2,15-21(6,17)18)8-13-7-9-10(19-5)14-11(20-9)16(3)4/h13,15H,7-8H2,1-6H3. The van der Waals surface area contributed by atoms with Gasteiger partial charge in [0.1, 0.15) is 0 Å². The number of sulfonamides is 1. The predicted molar refractivity (Wildman–Crippen MR) is 86.8 cm³/mol. The fourth-order valence-corrected chi connectivity index (χ4v) is 3.81. The summed E-state index contributed by atoms with van der Waals surface area (Å²) in [7, 11) is 2.21. The van der Waals surface area contributed by atoms with Crippen molar-refractivity contribution in [3.05, 3.63) is 4.88 Å². The van der Waals surface area contributed by atoms with Crippen LogP contribution in [0.5, 0.6) is 5.88 Å². The van der Waals surface area contributed by atoms with Crippen LogP contribution in [0.4, 0.5) is 5.13 Å². The van der Waals surface area contributed by atoms with Gasteiger partial charge in [-0.1, -0.05) is 11.3 Å². The molecule has 0 saturated carbocycles. The minimum absolute atomic E-state index is 0.498. The van der Waals surface area contributed by atoms with E-state index in [1.807, 2.05) is 32.8 Å². The van der Waals surface area contributed by atoms with E-state index in [2.05, 4.69) is 15.0 Å². The topological polar surface area (TPSA) is 83.6 Å². The van der Waals surface area contributed by atoms with Crippen molar-refractivity contribution >= 4 is 26.5 Å². The Morgan fingerprint density at radius 2 is 2.00 bits per heavy atom. The summed E-state index contributed by atoms with van der Waals surface area (Å²) >= 11 is 1.54. The van der Waals surface area contributed by atoms with Gasteiger partial charge < -0.3 is 15.0 Å². The molecule has 1 heterocycles. The van der Waals surface area contributed by atoms with E-state index in [-0.39, 0.29) is 0 Å². The van der Waals surface area contributed by atoms with Crippen molar-refractivity contribution in [1.29, 1.82) is 0 Å². The number of rotatable bonds is 8. The van der Waals surface area contributed by atoms with Crippen LogP contribution in [0.15, 0.2) is 0 Å². The van der Waals surface area contributed by atoms with Gasteiger partial charge in [0.05, 0.1) is 18.2 Å². The Morgan fingerprint density at radius 3 is 2.48 bits per heavy atom. The first-order valence-corrected chi connectivity index (χ1v) is 9.15. The normalized spacial score (nSPS) is 12.5. The average molecular weight is 336 g/mol. The van der Waals surface area contributed by atoms with E-state index in [1.165, 1.54) is 0 Å². The first-order chi connectivity index (χ1) is 9.54. The SMILES string of the molecule is COc1nc(N(C)C)sc1CNCC(C)(C)NS(C)(=O)=O. The third-order valence-corrected chi connectivity index (χ3v) is 4.67. The summed E-state index contributed by atoms with van der Waals surface area (Å²) in [4.78, 5) is 7.28. The number of nitrogens with zero attached hydrogens (tertiary/aromatic N) is 2. The van der Waals surface area contributed by atoms with Gasteiger partial charge in [0.15, 0.2) is 5.13 Å². The maximum absolute atomic E-state index is 11.3. The van der Waals surface area contributed by atoms with Gasteiger partial charge in [0.25, 0.3) is 0 Å². The molecular weight excluding hydrogens is 312 g/mol. The van der Waals surface area contributed by atoms with E-state index in [0.717, 1.165) is 16.3 Å². The third-order valence-electron chi connectivity index (χ3n) is 2.54. The zero-order valence-corrected chi connectivity index (χ0v) is 15.0. The Kier molecular flexibility index (Phi) is 5.97. The second-order valence-corrected chi connectivity index (χ2v) is 8.50. The fourth-order valence-electron chi connectivity index (χ4n) is 1.81. The van der Waals surface area contributed by atoms with E-state index in [4.69, 9.17) is 4.74 Å². The molecule has 0 bridgehead atoms. The number of anilines is 1. The van der Waals surface area contributed by atoms with Crippen molar-refractivity contribution in [3.63, 3.8) is 0 Å². The molecule has 0 radical (unpaired) electrons. The van der Waals surface area contributed by atoms with Crippen LogP contribution < -0.4 is 19.7 Å². The predicted octanol–water partition coefficient (Wildman–Crippen LogP) is 0.635. The van der Waals surface area contributed by atoms with Gasteiger partial charge in [-0.15, -0.1) is 0 Å². The smallest absolute Gasteiger partial charge is 0.230 e. The van der Waals surface area contributed by atoms with Crippen LogP contribution in [0.2, 0.25) is 0 Å². The van der Waals surface area contributed by atoms with E-state index in [1.54, 1.807) is 18.4 Å². The summed E-state index contributed by atoms with van der Waals surface area (Å²) in [6, 6.07) is 0. The summed E-state index contributed by atoms with van der Waals surface area (Å²) in [5.41, 5.74) is -0.560. The van der Waals surface area contributed by atoms with Crippen LogP contribution in [0, 0.1) is 0 Å². The third kappa shape index (κ3) is 6.16. The Bertz CT molecular complexity index is 567. The maximum Gasteiger partial charge on any atom is 0.230 e. The monoisotopic (exact) mass is 336 g/mol. The van der Waals surface area contributed by atoms with Crippen LogP contribution in [-0.2, 0) is 16.6 Å². The highest BCUT2D eigenvalue weighted by atomic mass is 32.2. The first kappa shape index (κ1) is 18.1. The molecule has 0 amide bonds. The zero-order chi connectivity index (χ0) is 16.3. The minimum atomic E-state index is -3.23. The molecule has 0 atom stereocenters. The summed E-state index contributed by atoms with van der Waals surface area (Å²) in [6.07, 6.45) is 1.16. The summed E-state index contributed by atoms with van der Waals surface area (Å²) in [5, 5.41) is 4.11. The van der Waals surface area contributed by atoms with Crippen molar-refractivity contribution in [3.8, 4) is 5.88 Å². The quantitative estimate of drug-likeness (QED) is 0.725. The molecule has 0 aromatic carbocycles. The molecule has 7 nitrogen and oxygen atoms in total. The number of aromatic nitrogens is 1. The second-order valence-electron chi connectivity index (χ2n) is 5.68. The van der Waals surface area contributed by atoms with Gasteiger partial charge in [0, 0.05) is 32.7 Å². The number of methoxy groups -OCH3 is 1. The van der Waals surface area contributed by atoms with Gasteiger partial charge in [0.2, 0.25) is 15.9 Å². The van der Waals surface area contributed by atoms with Crippen LogP contribution in [0.3, 0.4) is 0 Å². The lowest BCUT2D eigenvalue weighted by Crippen LogP contribution is -2.49. The molecule has 2 N–H and O–H groups in total. The number of hydrogen-bond acceptors (Lipinski definition) is 7. The van der Waals surface area contributed by atoms with Crippen LogP contribution in [0.1, 0.15) is 18.7 Å². The van der Waals surface area contributed by atoms with Crippen molar-refractivity contribution < 1.29 is 13.2 Å². The number of ether oxygens (including phenoxy) is 1. The lowest BCUT2D eigenvalue weighted by atomic mass is 10.1. The Hall–Kier alpha value is -0.900. The molecule has 0 aliphatic heterocycles. The van der Waals surface area contributed by atoms with Gasteiger partial charge in [-0.2, -0.15) is 4.98 Å². The fraction of sp³-hybridized carbons (Fsp3) is 0.750. The van der Waals surface area contributed by atoms with Crippen molar-refractivity contribution in [1.82, 2.24) is 15.0 Å². The average Bonchev–Trinajstić information content (AvgIpc) is 2.68. The maximum atomic E-state index is 11.3. The van der Waals surface area contributed by atoms with Crippen molar-refractivity contribution in [2.24, 2.45) is 0 Å². The highest BCUT2D eigenvalue weighted by Crippen LogP contribution is 2.30. The molecule has 0 saturated heterocycles. The van der Waals surface area contributed by atoms with Gasteiger partial charge >= 0.3 is 0 Å². The molecule has 0 spiro atoms. The summed E-state index contributed by atoms with van der Waals surface area (Å²) < 4.78 is 30.4. The molecule has 122 valence electrons. The molecule has 0 aliphatic rings. The lowest BCUT2D eigenvalue weighted by molar-refractivity contribution is 0.389. The lowest BCUT2D eigenvalue weighted by Gasteiger charge is -2.25. The van der Waals surface area contributed by atoms with E-state index in [0.29, 0.717) is 19.0 Å². The molecule has 1 aromatic rings. The molecule has 21 heavy (non-hydrogen) atoms. The molecular formula is C12H24N4O3S2. The highest BCUT2D eigenvalue weighted by Gasteiger charge is 2.22. The largest absolute Gasteiger partial charge is 0.480 e. The highest BCUT2D eigenvalue weighted by molar-refractivity contribution is 7.88. The summed E-state index contributed by atoms with van der Waals surface area (Å²) in [6.45, 7) is 4.73. The van der Waals surface area contributed by atoms with Gasteiger partial charge in [-0.3, -0.25) is 0 Å². The van der Waals surface area contributed by atoms with Crippen LogP contribution in [-0.4, -0.2) is 52.9 Å². The van der Waals surface area contributed by atoms with E-state index in [9.17, 15) is 8.42 Å². The molecule has 0 fully saturated rings. The van der Waals surface area contributed by atoms with E-state index < -0.39 is 15.6 Å². The van der Waals surface area contributed by atoms with Crippen LogP contribution >= 0.6 is 11.3 Å². The Labute approximate surface area is 130 Å². The minimum Gasteiger partial charge on any atom is -0.480 e. The van der Waals surface area contributed by atoms with Gasteiger partial charge in [-0.05, 0) is 13.8 Å². The first-order valence-electron chi connectivity index (χ1n) is 6.45. The molecule has 0 unspecified atom stereocenters. The Balaban J connectivity index is 2.63. The van der Waals surface area contributed by atoms with E-state index >= 15 is 0 Å². The number of hydrogen-bond donors (Lipinski definition) is 2. The van der Waals surface area contributed by atoms with Crippen molar-refractivity contribution in [2.75, 3.05) is 38.9 Å². The molecule has 1 rings (SSSR count). The summed E-state index contributed by atoms with van der Waals surface area (Å²) in [5.74, 6) is 0.602. The molecule has 9 heteroatoms.